The first-order chi connectivity index (χ1) is 13.8. The lowest BCUT2D eigenvalue weighted by Crippen LogP contribution is -2.66. The second-order valence-electron chi connectivity index (χ2n) is 9.97. The smallest absolute Gasteiger partial charge is 0.127 e. The Morgan fingerprint density at radius 2 is 2.14 bits per heavy atom. The molecule has 4 aliphatic rings. The summed E-state index contributed by atoms with van der Waals surface area (Å²) in [6.45, 7) is 6.44. The van der Waals surface area contributed by atoms with E-state index < -0.39 is 22.2 Å². The van der Waals surface area contributed by atoms with Crippen LogP contribution in [0, 0.1) is 57.7 Å². The molecular formula is C24H31O5-. The molecule has 0 amide bonds. The number of aliphatic hydroxyl groups excluding tert-OH is 1. The first-order valence-corrected chi connectivity index (χ1v) is 10.9. The molecule has 0 aliphatic heterocycles. The lowest BCUT2D eigenvalue weighted by molar-refractivity contribution is -0.332. The van der Waals surface area contributed by atoms with Gasteiger partial charge in [0.15, 0.2) is 0 Å². The van der Waals surface area contributed by atoms with E-state index in [4.69, 9.17) is 9.84 Å². The standard InChI is InChI=1S/C24H32O5/c1-15(2)20-10-17-11-22(13-26)19-7-6-16(3)18(19)12-23(17,24(20,22)21(27)28)14-29-9-5-4-8-25/h10,13,15-19,25H,6-9,11-12,14H2,1-3H3,(H,27,28)/p-1. The lowest BCUT2D eigenvalue weighted by Gasteiger charge is -2.61. The normalized spacial score (nSPS) is 44.2. The van der Waals surface area contributed by atoms with Gasteiger partial charge in [-0.1, -0.05) is 50.7 Å². The van der Waals surface area contributed by atoms with Gasteiger partial charge in [0, 0.05) is 10.8 Å². The SMILES string of the molecule is CC(C)C1=CC2CC3(C=O)C4CCC(C)C4CC2(COCC#CCO)C13C(=O)[O-]. The Morgan fingerprint density at radius 1 is 1.38 bits per heavy atom. The van der Waals surface area contributed by atoms with E-state index in [2.05, 4.69) is 24.8 Å². The summed E-state index contributed by atoms with van der Waals surface area (Å²) in [7, 11) is 0. The molecule has 0 spiro atoms. The van der Waals surface area contributed by atoms with Crippen molar-refractivity contribution in [3.05, 3.63) is 11.6 Å². The molecule has 4 rings (SSSR count). The van der Waals surface area contributed by atoms with Gasteiger partial charge in [-0.3, -0.25) is 0 Å². The fourth-order valence-electron chi connectivity index (χ4n) is 8.00. The van der Waals surface area contributed by atoms with E-state index in [-0.39, 0.29) is 37.6 Å². The molecule has 158 valence electrons. The van der Waals surface area contributed by atoms with E-state index in [0.29, 0.717) is 18.3 Å². The molecular weight excluding hydrogens is 368 g/mol. The van der Waals surface area contributed by atoms with E-state index >= 15 is 0 Å². The van der Waals surface area contributed by atoms with E-state index in [1.165, 1.54) is 0 Å². The Kier molecular flexibility index (Phi) is 4.95. The van der Waals surface area contributed by atoms with Gasteiger partial charge in [-0.05, 0) is 48.9 Å². The molecule has 7 atom stereocenters. The minimum Gasteiger partial charge on any atom is -0.549 e. The van der Waals surface area contributed by atoms with Crippen molar-refractivity contribution >= 4 is 12.3 Å². The van der Waals surface area contributed by atoms with Gasteiger partial charge >= 0.3 is 0 Å². The zero-order chi connectivity index (χ0) is 21.0. The molecule has 4 aliphatic carbocycles. The van der Waals surface area contributed by atoms with Gasteiger partial charge in [0.1, 0.15) is 19.5 Å². The maximum absolute atomic E-state index is 13.1. The van der Waals surface area contributed by atoms with Gasteiger partial charge in [0.2, 0.25) is 0 Å². The number of carboxylic acids is 1. The van der Waals surface area contributed by atoms with Crippen molar-refractivity contribution in [3.8, 4) is 11.8 Å². The molecule has 0 aromatic heterocycles. The van der Waals surface area contributed by atoms with Gasteiger partial charge in [-0.25, -0.2) is 0 Å². The number of aldehydes is 1. The zero-order valence-corrected chi connectivity index (χ0v) is 17.6. The van der Waals surface area contributed by atoms with Crippen LogP contribution >= 0.6 is 0 Å². The quantitative estimate of drug-likeness (QED) is 0.317. The number of ether oxygens (including phenoxy) is 1. The summed E-state index contributed by atoms with van der Waals surface area (Å²) < 4.78 is 5.93. The first kappa shape index (κ1) is 20.6. The third-order valence-corrected chi connectivity index (χ3v) is 8.84. The number of hydrogen-bond acceptors (Lipinski definition) is 5. The number of aliphatic carboxylic acids is 1. The fourth-order valence-corrected chi connectivity index (χ4v) is 8.00. The summed E-state index contributed by atoms with van der Waals surface area (Å²) >= 11 is 0. The highest BCUT2D eigenvalue weighted by molar-refractivity contribution is 5.89. The minimum absolute atomic E-state index is 0.00611. The average molecular weight is 400 g/mol. The second kappa shape index (κ2) is 6.96. The van der Waals surface area contributed by atoms with Gasteiger partial charge in [0.25, 0.3) is 0 Å². The molecule has 5 heteroatoms. The van der Waals surface area contributed by atoms with Crippen molar-refractivity contribution in [2.75, 3.05) is 19.8 Å². The summed E-state index contributed by atoms with van der Waals surface area (Å²) in [4.78, 5) is 25.9. The molecule has 3 saturated carbocycles. The van der Waals surface area contributed by atoms with Crippen molar-refractivity contribution in [1.82, 2.24) is 0 Å². The van der Waals surface area contributed by atoms with Crippen LogP contribution < -0.4 is 5.11 Å². The predicted octanol–water partition coefficient (Wildman–Crippen LogP) is 1.59. The Balaban J connectivity index is 1.86. The van der Waals surface area contributed by atoms with E-state index in [1.54, 1.807) is 0 Å². The molecule has 0 saturated heterocycles. The molecule has 3 fully saturated rings. The summed E-state index contributed by atoms with van der Waals surface area (Å²) in [6.07, 6.45) is 6.42. The largest absolute Gasteiger partial charge is 0.549 e. The number of allylic oxidation sites excluding steroid dienone is 1. The monoisotopic (exact) mass is 399 g/mol. The molecule has 0 heterocycles. The van der Waals surface area contributed by atoms with Crippen LogP contribution in [0.15, 0.2) is 11.6 Å². The number of carbonyl (C=O) groups is 2. The summed E-state index contributed by atoms with van der Waals surface area (Å²) in [5.74, 6) is 5.18. The number of aliphatic hydroxyl groups is 1. The third-order valence-electron chi connectivity index (χ3n) is 8.84. The third kappa shape index (κ3) is 2.31. The van der Waals surface area contributed by atoms with Crippen LogP contribution in [0.25, 0.3) is 0 Å². The predicted molar refractivity (Wildman–Crippen MR) is 105 cm³/mol. The number of fused-ring (bicyclic) bond motifs is 2. The number of carbonyl (C=O) groups excluding carboxylic acids is 2. The van der Waals surface area contributed by atoms with E-state index in [1.807, 2.05) is 13.8 Å². The first-order valence-electron chi connectivity index (χ1n) is 10.9. The van der Waals surface area contributed by atoms with Gasteiger partial charge in [-0.15, -0.1) is 0 Å². The molecule has 1 N–H and O–H groups in total. The Hall–Kier alpha value is -1.64. The Morgan fingerprint density at radius 3 is 2.76 bits per heavy atom. The summed E-state index contributed by atoms with van der Waals surface area (Å²) in [5.41, 5.74) is -1.99. The minimum atomic E-state index is -1.30. The molecule has 0 radical (unpaired) electrons. The maximum atomic E-state index is 13.1. The van der Waals surface area contributed by atoms with Crippen LogP contribution in [0.4, 0.5) is 0 Å². The molecule has 29 heavy (non-hydrogen) atoms. The van der Waals surface area contributed by atoms with Crippen LogP contribution in [0.5, 0.6) is 0 Å². The van der Waals surface area contributed by atoms with Gasteiger partial charge in [0.05, 0.1) is 18.0 Å². The second-order valence-corrected chi connectivity index (χ2v) is 9.97. The van der Waals surface area contributed by atoms with E-state index in [9.17, 15) is 14.7 Å². The summed E-state index contributed by atoms with van der Waals surface area (Å²) in [6, 6.07) is 0. The van der Waals surface area contributed by atoms with Crippen molar-refractivity contribution in [2.45, 2.75) is 46.5 Å². The number of carboxylic acid groups (broad SMARTS) is 1. The van der Waals surface area contributed by atoms with Gasteiger partial charge < -0.3 is 24.5 Å². The van der Waals surface area contributed by atoms with Crippen LogP contribution in [-0.4, -0.2) is 37.2 Å². The molecule has 0 aromatic rings. The van der Waals surface area contributed by atoms with Crippen LogP contribution in [0.2, 0.25) is 0 Å². The van der Waals surface area contributed by atoms with Crippen molar-refractivity contribution in [1.29, 1.82) is 0 Å². The maximum Gasteiger partial charge on any atom is 0.127 e. The highest BCUT2D eigenvalue weighted by Crippen LogP contribution is 2.82. The summed E-state index contributed by atoms with van der Waals surface area (Å²) in [5, 5.41) is 21.9. The van der Waals surface area contributed by atoms with Crippen molar-refractivity contribution < 1.29 is 24.5 Å². The van der Waals surface area contributed by atoms with Crippen LogP contribution in [0.1, 0.15) is 46.5 Å². The van der Waals surface area contributed by atoms with Crippen LogP contribution in [0.3, 0.4) is 0 Å². The Bertz CT molecular complexity index is 804. The fraction of sp³-hybridized carbons (Fsp3) is 0.750. The van der Waals surface area contributed by atoms with Gasteiger partial charge in [-0.2, -0.15) is 0 Å². The Labute approximate surface area is 172 Å². The highest BCUT2D eigenvalue weighted by atomic mass is 16.5. The van der Waals surface area contributed by atoms with Crippen LogP contribution in [-0.2, 0) is 14.3 Å². The number of rotatable bonds is 6. The lowest BCUT2D eigenvalue weighted by atomic mass is 9.43. The van der Waals surface area contributed by atoms with Crippen molar-refractivity contribution in [3.63, 3.8) is 0 Å². The molecule has 4 bridgehead atoms. The molecule has 5 nitrogen and oxygen atoms in total. The average Bonchev–Trinajstić information content (AvgIpc) is 3.25. The zero-order valence-electron chi connectivity index (χ0n) is 17.6. The highest BCUT2D eigenvalue weighted by Gasteiger charge is 2.81. The van der Waals surface area contributed by atoms with Crippen molar-refractivity contribution in [2.24, 2.45) is 45.8 Å². The topological polar surface area (TPSA) is 86.7 Å². The molecule has 0 aromatic carbocycles. The molecule has 7 unspecified atom stereocenters. The van der Waals surface area contributed by atoms with E-state index in [0.717, 1.165) is 31.1 Å². The number of hydrogen-bond donors (Lipinski definition) is 1.